The van der Waals surface area contributed by atoms with E-state index in [1.807, 2.05) is 0 Å². The van der Waals surface area contributed by atoms with Crippen LogP contribution in [0.5, 0.6) is 5.75 Å². The first kappa shape index (κ1) is 23.7. The molecule has 0 bridgehead atoms. The van der Waals surface area contributed by atoms with E-state index in [2.05, 4.69) is 9.97 Å². The molecule has 1 aliphatic rings. The van der Waals surface area contributed by atoms with Crippen molar-refractivity contribution in [3.63, 3.8) is 0 Å². The number of imidazole rings is 1. The number of nitrogen functional groups attached to an aromatic ring is 1. The van der Waals surface area contributed by atoms with Crippen molar-refractivity contribution >= 4 is 28.3 Å². The number of carbonyl (C=O) groups excluding carboxylic acids is 1. The average Bonchev–Trinajstić information content (AvgIpc) is 3.32. The lowest BCUT2D eigenvalue weighted by molar-refractivity contribution is -0.138. The van der Waals surface area contributed by atoms with E-state index >= 15 is 0 Å². The highest BCUT2D eigenvalue weighted by atomic mass is 19.4. The molecule has 4 aromatic rings. The second-order valence-electron chi connectivity index (χ2n) is 8.35. The van der Waals surface area contributed by atoms with Crippen LogP contribution in [0.1, 0.15) is 39.5 Å². The monoisotopic (exact) mass is 509 g/mol. The van der Waals surface area contributed by atoms with Crippen LogP contribution in [0.3, 0.4) is 0 Å². The Balaban J connectivity index is 1.61. The lowest BCUT2D eigenvalue weighted by Gasteiger charge is -2.34. The van der Waals surface area contributed by atoms with Gasteiger partial charge in [0.1, 0.15) is 17.1 Å². The molecule has 0 spiro atoms. The zero-order chi connectivity index (χ0) is 26.0. The molecule has 5 rings (SSSR count). The highest BCUT2D eigenvalue weighted by molar-refractivity contribution is 6.00. The van der Waals surface area contributed by atoms with Crippen LogP contribution in [0, 0.1) is 0 Å². The fraction of sp³-hybridized carbons (Fsp3) is 0.261. The Bertz CT molecular complexity index is 1510. The van der Waals surface area contributed by atoms with Gasteiger partial charge in [0, 0.05) is 19.0 Å². The third-order valence-electron chi connectivity index (χ3n) is 6.19. The Hall–Kier alpha value is -4.03. The number of hydrogen-bond acceptors (Lipinski definition) is 5. The van der Waals surface area contributed by atoms with Gasteiger partial charge in [0.25, 0.3) is 5.91 Å². The minimum Gasteiger partial charge on any atom is -0.493 e. The number of fused-ring (bicyclic) bond motifs is 4. The smallest absolute Gasteiger partial charge is 0.417 e. The molecule has 188 valence electrons. The second-order valence-corrected chi connectivity index (χ2v) is 8.35. The minimum atomic E-state index is -4.89. The maximum atomic E-state index is 14.0. The average molecular weight is 509 g/mol. The second kappa shape index (κ2) is 8.00. The van der Waals surface area contributed by atoms with E-state index < -0.39 is 41.0 Å². The van der Waals surface area contributed by atoms with Crippen LogP contribution in [0.25, 0.3) is 16.6 Å². The van der Waals surface area contributed by atoms with Crippen LogP contribution >= 0.6 is 0 Å². The van der Waals surface area contributed by atoms with Gasteiger partial charge in [-0.05, 0) is 24.3 Å². The van der Waals surface area contributed by atoms with E-state index in [1.165, 1.54) is 30.0 Å². The number of halogens is 6. The van der Waals surface area contributed by atoms with Crippen LogP contribution in [-0.2, 0) is 12.4 Å². The molecule has 1 aliphatic heterocycles. The summed E-state index contributed by atoms with van der Waals surface area (Å²) in [6, 6.07) is 3.87. The number of alkyl halides is 6. The molecular formula is C23H17F6N5O2. The highest BCUT2D eigenvalue weighted by Gasteiger charge is 2.39. The van der Waals surface area contributed by atoms with E-state index in [0.29, 0.717) is 5.52 Å². The van der Waals surface area contributed by atoms with Crippen molar-refractivity contribution in [2.45, 2.75) is 24.8 Å². The van der Waals surface area contributed by atoms with Crippen molar-refractivity contribution in [3.05, 3.63) is 65.1 Å². The van der Waals surface area contributed by atoms with Crippen LogP contribution in [-0.4, -0.2) is 38.8 Å². The third-order valence-corrected chi connectivity index (χ3v) is 6.19. The molecule has 7 nitrogen and oxygen atoms in total. The zero-order valence-corrected chi connectivity index (χ0v) is 18.5. The third kappa shape index (κ3) is 3.84. The highest BCUT2D eigenvalue weighted by Crippen LogP contribution is 2.41. The number of hydrogen-bond donors (Lipinski definition) is 1. The summed E-state index contributed by atoms with van der Waals surface area (Å²) < 4.78 is 88.2. The number of benzene rings is 2. The molecule has 0 saturated heterocycles. The van der Waals surface area contributed by atoms with Crippen LogP contribution < -0.4 is 10.5 Å². The Morgan fingerprint density at radius 3 is 2.56 bits per heavy atom. The minimum absolute atomic E-state index is 0.0146. The molecule has 0 aliphatic carbocycles. The standard InChI is InChI=1S/C23H17F6N5O2/c1-33(16-4-5-36-19-6-11(22(24,25)26)2-3-12(16)19)21(35)13-7-17-15(8-14(13)23(27,28)29)32-20(30)18-9-31-10-34(17)18/h2-3,6-10,16H,4-5H2,1H3,(H2,30,32)/t16-/m1/s1. The van der Waals surface area contributed by atoms with Gasteiger partial charge in [0.05, 0.1) is 52.9 Å². The largest absolute Gasteiger partial charge is 0.493 e. The van der Waals surface area contributed by atoms with Gasteiger partial charge in [-0.25, -0.2) is 9.97 Å². The molecule has 36 heavy (non-hydrogen) atoms. The Kier molecular flexibility index (Phi) is 5.27. The number of nitrogens with zero attached hydrogens (tertiary/aromatic N) is 4. The molecule has 13 heteroatoms. The van der Waals surface area contributed by atoms with Crippen molar-refractivity contribution in [3.8, 4) is 5.75 Å². The first-order valence-electron chi connectivity index (χ1n) is 10.6. The number of carbonyl (C=O) groups is 1. The summed E-state index contributed by atoms with van der Waals surface area (Å²) in [7, 11) is 1.30. The number of nitrogens with two attached hydrogens (primary N) is 1. The number of ether oxygens (including phenoxy) is 1. The maximum absolute atomic E-state index is 14.0. The van der Waals surface area contributed by atoms with Gasteiger partial charge in [-0.15, -0.1) is 0 Å². The van der Waals surface area contributed by atoms with Crippen molar-refractivity contribution in [2.75, 3.05) is 19.4 Å². The van der Waals surface area contributed by atoms with Crippen molar-refractivity contribution in [2.24, 2.45) is 0 Å². The van der Waals surface area contributed by atoms with Gasteiger partial charge in [0.15, 0.2) is 0 Å². The van der Waals surface area contributed by atoms with Gasteiger partial charge >= 0.3 is 12.4 Å². The van der Waals surface area contributed by atoms with E-state index in [4.69, 9.17) is 10.5 Å². The van der Waals surface area contributed by atoms with Crippen molar-refractivity contribution in [1.29, 1.82) is 0 Å². The number of anilines is 1. The van der Waals surface area contributed by atoms with E-state index in [1.54, 1.807) is 0 Å². The summed E-state index contributed by atoms with van der Waals surface area (Å²) in [5, 5.41) is 0. The predicted octanol–water partition coefficient (Wildman–Crippen LogP) is 5.10. The summed E-state index contributed by atoms with van der Waals surface area (Å²) in [5.41, 5.74) is 3.79. The summed E-state index contributed by atoms with van der Waals surface area (Å²) in [6.07, 6.45) is -6.58. The van der Waals surface area contributed by atoms with E-state index in [-0.39, 0.29) is 41.2 Å². The quantitative estimate of drug-likeness (QED) is 0.380. The summed E-state index contributed by atoms with van der Waals surface area (Å²) >= 11 is 0. The fourth-order valence-corrected chi connectivity index (χ4v) is 4.42. The van der Waals surface area contributed by atoms with Crippen molar-refractivity contribution < 1.29 is 35.9 Å². The summed E-state index contributed by atoms with van der Waals surface area (Å²) in [6.45, 7) is -0.0146. The topological polar surface area (TPSA) is 85.8 Å². The molecule has 1 amide bonds. The van der Waals surface area contributed by atoms with E-state index in [9.17, 15) is 31.1 Å². The van der Waals surface area contributed by atoms with E-state index in [0.717, 1.165) is 29.2 Å². The molecule has 1 atom stereocenters. The molecule has 0 radical (unpaired) electrons. The Morgan fingerprint density at radius 2 is 1.86 bits per heavy atom. The van der Waals surface area contributed by atoms with Crippen molar-refractivity contribution in [1.82, 2.24) is 19.3 Å². The lowest BCUT2D eigenvalue weighted by atomic mass is 9.96. The van der Waals surface area contributed by atoms with Gasteiger partial charge in [-0.1, -0.05) is 6.07 Å². The maximum Gasteiger partial charge on any atom is 0.417 e. The number of rotatable bonds is 2. The van der Waals surface area contributed by atoms with Gasteiger partial charge in [-0.2, -0.15) is 26.3 Å². The van der Waals surface area contributed by atoms with Crippen LogP contribution in [0.2, 0.25) is 0 Å². The fourth-order valence-electron chi connectivity index (χ4n) is 4.42. The zero-order valence-electron chi connectivity index (χ0n) is 18.5. The number of amides is 1. The van der Waals surface area contributed by atoms with Crippen LogP contribution in [0.4, 0.5) is 32.2 Å². The Labute approximate surface area is 199 Å². The molecule has 2 aromatic heterocycles. The van der Waals surface area contributed by atoms with Gasteiger partial charge in [-0.3, -0.25) is 9.20 Å². The number of aromatic nitrogens is 3. The van der Waals surface area contributed by atoms with Gasteiger partial charge in [0.2, 0.25) is 0 Å². The normalized spacial score (nSPS) is 16.1. The molecule has 2 aromatic carbocycles. The van der Waals surface area contributed by atoms with Crippen LogP contribution in [0.15, 0.2) is 42.9 Å². The Morgan fingerprint density at radius 1 is 1.11 bits per heavy atom. The molecule has 0 saturated carbocycles. The predicted molar refractivity (Wildman–Crippen MR) is 116 cm³/mol. The molecule has 0 unspecified atom stereocenters. The first-order chi connectivity index (χ1) is 16.9. The summed E-state index contributed by atoms with van der Waals surface area (Å²) in [4.78, 5) is 22.5. The SMILES string of the molecule is CN(C(=O)c1cc2c(cc1C(F)(F)F)nc(N)c1cncn12)[C@@H]1CCOc2cc(C(F)(F)F)ccc21. The molecule has 3 heterocycles. The lowest BCUT2D eigenvalue weighted by Crippen LogP contribution is -2.35. The first-order valence-corrected chi connectivity index (χ1v) is 10.6. The summed E-state index contributed by atoms with van der Waals surface area (Å²) in [5.74, 6) is -1.07. The molecular weight excluding hydrogens is 492 g/mol. The molecule has 2 N–H and O–H groups in total. The van der Waals surface area contributed by atoms with Gasteiger partial charge < -0.3 is 15.4 Å². The molecule has 0 fully saturated rings.